The number of aliphatic imine (C=N–C) groups is 1. The Bertz CT molecular complexity index is 666. The van der Waals surface area contributed by atoms with Crippen molar-refractivity contribution < 1.29 is 14.6 Å². The van der Waals surface area contributed by atoms with Crippen molar-refractivity contribution in [3.8, 4) is 11.5 Å². The van der Waals surface area contributed by atoms with Crippen LogP contribution >= 0.6 is 24.0 Å². The summed E-state index contributed by atoms with van der Waals surface area (Å²) in [5, 5.41) is 17.0. The van der Waals surface area contributed by atoms with Gasteiger partial charge in [0.2, 0.25) is 0 Å². The van der Waals surface area contributed by atoms with Gasteiger partial charge in [0.1, 0.15) is 11.5 Å². The van der Waals surface area contributed by atoms with Crippen molar-refractivity contribution in [1.82, 2.24) is 10.6 Å². The smallest absolute Gasteiger partial charge is 0.191 e. The van der Waals surface area contributed by atoms with E-state index in [0.717, 1.165) is 31.1 Å². The van der Waals surface area contributed by atoms with E-state index in [1.54, 1.807) is 13.2 Å². The molecule has 152 valence electrons. The average molecular weight is 489 g/mol. The molecular weight excluding hydrogens is 457 g/mol. The van der Waals surface area contributed by atoms with Gasteiger partial charge in [0.05, 0.1) is 13.2 Å². The minimum Gasteiger partial charge on any atom is -0.508 e. The molecule has 6 nitrogen and oxygen atoms in total. The van der Waals surface area contributed by atoms with Crippen molar-refractivity contribution in [2.75, 3.05) is 26.8 Å². The first-order chi connectivity index (χ1) is 12.5. The second-order valence-electron chi connectivity index (χ2n) is 7.69. The van der Waals surface area contributed by atoms with Crippen LogP contribution in [0.4, 0.5) is 0 Å². The third-order valence-corrected chi connectivity index (χ3v) is 5.68. The summed E-state index contributed by atoms with van der Waals surface area (Å²) in [4.78, 5) is 4.71. The fourth-order valence-corrected chi connectivity index (χ4v) is 4.25. The van der Waals surface area contributed by atoms with Gasteiger partial charge in [-0.25, -0.2) is 0 Å². The fourth-order valence-electron chi connectivity index (χ4n) is 4.25. The highest BCUT2D eigenvalue weighted by molar-refractivity contribution is 14.0. The largest absolute Gasteiger partial charge is 0.508 e. The van der Waals surface area contributed by atoms with Crippen LogP contribution in [0.1, 0.15) is 32.8 Å². The Labute approximate surface area is 179 Å². The third-order valence-electron chi connectivity index (χ3n) is 5.68. The number of ether oxygens (including phenoxy) is 2. The van der Waals surface area contributed by atoms with Crippen molar-refractivity contribution in [2.45, 2.75) is 45.8 Å². The van der Waals surface area contributed by atoms with Crippen LogP contribution in [0.25, 0.3) is 0 Å². The number of nitrogens with zero attached hydrogens (tertiary/aromatic N) is 1. The van der Waals surface area contributed by atoms with Gasteiger partial charge in [-0.1, -0.05) is 19.9 Å². The predicted octanol–water partition coefficient (Wildman–Crippen LogP) is 2.93. The first kappa shape index (κ1) is 22.1. The summed E-state index contributed by atoms with van der Waals surface area (Å²) in [6.07, 6.45) is 2.15. The molecule has 0 amide bonds. The third kappa shape index (κ3) is 4.62. The first-order valence-electron chi connectivity index (χ1n) is 9.49. The van der Waals surface area contributed by atoms with Crippen LogP contribution in [-0.2, 0) is 11.2 Å². The SMILES string of the molecule is CCNC(=NCCc1ccc(OC)cc1O)NC1C2CCOC2C1(C)C.I. The highest BCUT2D eigenvalue weighted by Gasteiger charge is 2.59. The van der Waals surface area contributed by atoms with Crippen LogP contribution in [0, 0.1) is 11.3 Å². The lowest BCUT2D eigenvalue weighted by molar-refractivity contribution is -0.106. The Morgan fingerprint density at radius 1 is 1.41 bits per heavy atom. The molecule has 0 spiro atoms. The second kappa shape index (κ2) is 9.32. The lowest BCUT2D eigenvalue weighted by Gasteiger charge is -2.54. The quantitative estimate of drug-likeness (QED) is 0.326. The van der Waals surface area contributed by atoms with E-state index >= 15 is 0 Å². The Morgan fingerprint density at radius 2 is 2.19 bits per heavy atom. The van der Waals surface area contributed by atoms with E-state index in [1.165, 1.54) is 0 Å². The van der Waals surface area contributed by atoms with Crippen molar-refractivity contribution in [3.05, 3.63) is 23.8 Å². The molecule has 3 unspecified atom stereocenters. The highest BCUT2D eigenvalue weighted by Crippen LogP contribution is 2.52. The first-order valence-corrected chi connectivity index (χ1v) is 9.49. The monoisotopic (exact) mass is 489 g/mol. The number of methoxy groups -OCH3 is 1. The predicted molar refractivity (Wildman–Crippen MR) is 118 cm³/mol. The Kier molecular flexibility index (Phi) is 7.62. The molecular formula is C20H32IN3O3. The number of benzene rings is 1. The zero-order chi connectivity index (χ0) is 18.7. The molecule has 1 aliphatic heterocycles. The van der Waals surface area contributed by atoms with Gasteiger partial charge in [-0.3, -0.25) is 4.99 Å². The summed E-state index contributed by atoms with van der Waals surface area (Å²) in [5.74, 6) is 2.32. The number of fused-ring (bicyclic) bond motifs is 1. The van der Waals surface area contributed by atoms with E-state index in [0.29, 0.717) is 36.8 Å². The zero-order valence-corrected chi connectivity index (χ0v) is 18.9. The molecule has 27 heavy (non-hydrogen) atoms. The van der Waals surface area contributed by atoms with Gasteiger partial charge in [-0.2, -0.15) is 0 Å². The van der Waals surface area contributed by atoms with Crippen molar-refractivity contribution in [3.63, 3.8) is 0 Å². The molecule has 7 heteroatoms. The van der Waals surface area contributed by atoms with Crippen LogP contribution in [0.15, 0.2) is 23.2 Å². The number of halogens is 1. The maximum Gasteiger partial charge on any atom is 0.191 e. The van der Waals surface area contributed by atoms with Gasteiger partial charge in [0.25, 0.3) is 0 Å². The van der Waals surface area contributed by atoms with Crippen molar-refractivity contribution >= 4 is 29.9 Å². The summed E-state index contributed by atoms with van der Waals surface area (Å²) in [6, 6.07) is 5.76. The summed E-state index contributed by atoms with van der Waals surface area (Å²) in [6.45, 7) is 8.87. The minimum absolute atomic E-state index is 0. The standard InChI is InChI=1S/C20H31N3O3.HI/c1-5-21-19(23-17-15-9-11-26-18(15)20(17,2)3)22-10-8-13-6-7-14(25-4)12-16(13)24;/h6-7,12,15,17-18,24H,5,8-11H2,1-4H3,(H2,21,22,23);1H. The van der Waals surface area contributed by atoms with Gasteiger partial charge in [0.15, 0.2) is 5.96 Å². The fraction of sp³-hybridized carbons (Fsp3) is 0.650. The Hall–Kier alpha value is -1.22. The Morgan fingerprint density at radius 3 is 2.85 bits per heavy atom. The van der Waals surface area contributed by atoms with E-state index in [-0.39, 0.29) is 35.1 Å². The van der Waals surface area contributed by atoms with Crippen LogP contribution < -0.4 is 15.4 Å². The van der Waals surface area contributed by atoms with Gasteiger partial charge in [-0.15, -0.1) is 24.0 Å². The molecule has 1 aromatic rings. The van der Waals surface area contributed by atoms with Crippen molar-refractivity contribution in [1.29, 1.82) is 0 Å². The van der Waals surface area contributed by atoms with E-state index < -0.39 is 0 Å². The van der Waals surface area contributed by atoms with Crippen molar-refractivity contribution in [2.24, 2.45) is 16.3 Å². The van der Waals surface area contributed by atoms with Crippen LogP contribution in [0.3, 0.4) is 0 Å². The number of hydrogen-bond donors (Lipinski definition) is 3. The molecule has 0 aromatic heterocycles. The molecule has 2 fully saturated rings. The number of phenols is 1. The average Bonchev–Trinajstić information content (AvgIpc) is 3.08. The molecule has 1 aromatic carbocycles. The van der Waals surface area contributed by atoms with E-state index in [1.807, 2.05) is 12.1 Å². The molecule has 1 saturated carbocycles. The Balaban J connectivity index is 0.00000261. The highest BCUT2D eigenvalue weighted by atomic mass is 127. The molecule has 3 atom stereocenters. The summed E-state index contributed by atoms with van der Waals surface area (Å²) in [5.41, 5.74) is 0.990. The summed E-state index contributed by atoms with van der Waals surface area (Å²) < 4.78 is 11.0. The molecule has 2 aliphatic rings. The number of hydrogen-bond acceptors (Lipinski definition) is 4. The number of aromatic hydroxyl groups is 1. The topological polar surface area (TPSA) is 75.1 Å². The van der Waals surface area contributed by atoms with Gasteiger partial charge < -0.3 is 25.2 Å². The second-order valence-corrected chi connectivity index (χ2v) is 7.69. The molecule has 1 heterocycles. The molecule has 1 saturated heterocycles. The minimum atomic E-state index is 0. The summed E-state index contributed by atoms with van der Waals surface area (Å²) >= 11 is 0. The number of nitrogens with one attached hydrogen (secondary N) is 2. The van der Waals surface area contributed by atoms with E-state index in [4.69, 9.17) is 14.5 Å². The molecule has 0 bridgehead atoms. The maximum atomic E-state index is 10.1. The van der Waals surface area contributed by atoms with E-state index in [9.17, 15) is 5.11 Å². The van der Waals surface area contributed by atoms with Gasteiger partial charge in [0, 0.05) is 43.1 Å². The molecule has 3 rings (SSSR count). The lowest BCUT2D eigenvalue weighted by atomic mass is 9.57. The zero-order valence-electron chi connectivity index (χ0n) is 16.6. The van der Waals surface area contributed by atoms with E-state index in [2.05, 4.69) is 31.4 Å². The van der Waals surface area contributed by atoms with Gasteiger partial charge in [-0.05, 0) is 31.4 Å². The molecule has 0 radical (unpaired) electrons. The van der Waals surface area contributed by atoms with Crippen LogP contribution in [-0.4, -0.2) is 50.0 Å². The van der Waals surface area contributed by atoms with Gasteiger partial charge >= 0.3 is 0 Å². The van der Waals surface area contributed by atoms with Crippen LogP contribution in [0.2, 0.25) is 0 Å². The maximum absolute atomic E-state index is 10.1. The lowest BCUT2D eigenvalue weighted by Crippen LogP contribution is -2.68. The molecule has 3 N–H and O–H groups in total. The number of rotatable bonds is 6. The number of guanidine groups is 1. The number of phenolic OH excluding ortho intramolecular Hbond substituents is 1. The molecule has 1 aliphatic carbocycles. The summed E-state index contributed by atoms with van der Waals surface area (Å²) in [7, 11) is 1.59. The van der Waals surface area contributed by atoms with Crippen LogP contribution in [0.5, 0.6) is 11.5 Å². The normalized spacial score (nSPS) is 25.8.